The summed E-state index contributed by atoms with van der Waals surface area (Å²) in [4.78, 5) is 25.9. The Balaban J connectivity index is 4.80. The van der Waals surface area contributed by atoms with Gasteiger partial charge in [-0.2, -0.15) is 0 Å². The number of ether oxygens (including phenoxy) is 1. The Morgan fingerprint density at radius 1 is 0.574 bits per heavy atom. The smallest absolute Gasteiger partial charge is 0.306 e. The van der Waals surface area contributed by atoms with Crippen LogP contribution in [0.1, 0.15) is 194 Å². The number of nitrogens with one attached hydrogen (secondary N) is 1. The van der Waals surface area contributed by atoms with Crippen LogP contribution in [-0.4, -0.2) is 46.9 Å². The lowest BCUT2D eigenvalue weighted by molar-refractivity contribution is -0.150. The maximum Gasteiger partial charge on any atom is 0.306 e. The number of unbranched alkanes of at least 4 members (excludes halogenated alkanes) is 15. The summed E-state index contributed by atoms with van der Waals surface area (Å²) in [5, 5.41) is 23.5. The van der Waals surface area contributed by atoms with Gasteiger partial charge < -0.3 is 20.3 Å². The van der Waals surface area contributed by atoms with E-state index >= 15 is 0 Å². The van der Waals surface area contributed by atoms with Crippen molar-refractivity contribution in [3.05, 3.63) is 72.9 Å². The average molecular weight is 754 g/mol. The second-order valence-electron chi connectivity index (χ2n) is 14.7. The third-order valence-electron chi connectivity index (χ3n) is 9.50. The quantitative estimate of drug-likeness (QED) is 0.0331. The molecule has 6 nitrogen and oxygen atoms in total. The topological polar surface area (TPSA) is 95.9 Å². The minimum atomic E-state index is -0.813. The lowest BCUT2D eigenvalue weighted by atomic mass is 10.0. The molecule has 0 saturated carbocycles. The van der Waals surface area contributed by atoms with Gasteiger partial charge in [0.1, 0.15) is 6.10 Å². The van der Waals surface area contributed by atoms with Crippen LogP contribution in [0.2, 0.25) is 0 Å². The molecule has 0 aliphatic carbocycles. The zero-order valence-electron chi connectivity index (χ0n) is 35.1. The summed E-state index contributed by atoms with van der Waals surface area (Å²) in [6, 6.07) is -0.733. The third-order valence-corrected chi connectivity index (χ3v) is 9.50. The van der Waals surface area contributed by atoms with Crippen molar-refractivity contribution < 1.29 is 24.5 Å². The maximum atomic E-state index is 13.1. The molecule has 0 bridgehead atoms. The van der Waals surface area contributed by atoms with Gasteiger partial charge in [-0.05, 0) is 64.2 Å². The molecule has 310 valence electrons. The van der Waals surface area contributed by atoms with Gasteiger partial charge in [0.25, 0.3) is 0 Å². The van der Waals surface area contributed by atoms with Crippen molar-refractivity contribution >= 4 is 11.9 Å². The molecular weight excluding hydrogens is 671 g/mol. The number of hydrogen-bond acceptors (Lipinski definition) is 5. The van der Waals surface area contributed by atoms with E-state index in [1.165, 1.54) is 57.8 Å². The Kier molecular flexibility index (Phi) is 39.4. The highest BCUT2D eigenvalue weighted by Gasteiger charge is 2.23. The SMILES string of the molecule is CC/C=C\C/C=C\C/C=C\C/C=C\C/C=C\CC(CC(=O)NC(CO)C(O)CCCCCCCCCCCC)OC(=O)CCCCCCC/C=C\CCC. The zero-order chi connectivity index (χ0) is 39.6. The van der Waals surface area contributed by atoms with Crippen LogP contribution in [0.4, 0.5) is 0 Å². The normalized spacial score (nSPS) is 14.1. The predicted octanol–water partition coefficient (Wildman–Crippen LogP) is 12.7. The molecule has 1 amide bonds. The molecule has 6 heteroatoms. The summed E-state index contributed by atoms with van der Waals surface area (Å²) in [6.07, 6.45) is 51.2. The molecule has 3 atom stereocenters. The van der Waals surface area contributed by atoms with Crippen molar-refractivity contribution in [1.82, 2.24) is 5.32 Å². The highest BCUT2D eigenvalue weighted by molar-refractivity contribution is 5.77. The fraction of sp³-hybridized carbons (Fsp3) is 0.708. The number of hydrogen-bond donors (Lipinski definition) is 3. The highest BCUT2D eigenvalue weighted by atomic mass is 16.5. The van der Waals surface area contributed by atoms with Crippen LogP contribution < -0.4 is 5.32 Å². The molecule has 3 unspecified atom stereocenters. The molecule has 0 saturated heterocycles. The molecule has 0 radical (unpaired) electrons. The minimum Gasteiger partial charge on any atom is -0.461 e. The van der Waals surface area contributed by atoms with Crippen LogP contribution in [0, 0.1) is 0 Å². The van der Waals surface area contributed by atoms with E-state index in [1.807, 2.05) is 12.2 Å². The summed E-state index contributed by atoms with van der Waals surface area (Å²) in [5.41, 5.74) is 0. The van der Waals surface area contributed by atoms with Crippen LogP contribution in [0.3, 0.4) is 0 Å². The molecule has 0 aromatic rings. The number of aliphatic hydroxyl groups is 2. The number of carbonyl (C=O) groups is 2. The van der Waals surface area contributed by atoms with E-state index in [1.54, 1.807) is 0 Å². The standard InChI is InChI=1S/C48H83NO5/c1-4-7-10-13-16-19-22-23-24-25-26-27-30-33-36-39-44(54-48(53)41-38-35-32-29-21-18-15-12-9-6-3)42-47(52)49-45(43-50)46(51)40-37-34-31-28-20-17-14-11-8-5-2/h7,10,12,15-16,19,23-24,26-27,33,36,44-46,50-51H,4-6,8-9,11,13-14,17-18,20-22,25,28-32,34-35,37-43H2,1-3H3,(H,49,52)/b10-7-,15-12-,19-16-,24-23-,27-26-,36-33-. The molecular formula is C48H83NO5. The summed E-state index contributed by atoms with van der Waals surface area (Å²) >= 11 is 0. The number of carbonyl (C=O) groups excluding carboxylic acids is 2. The number of rotatable bonds is 38. The van der Waals surface area contributed by atoms with Crippen molar-refractivity contribution in [3.8, 4) is 0 Å². The molecule has 54 heavy (non-hydrogen) atoms. The monoisotopic (exact) mass is 754 g/mol. The summed E-state index contributed by atoms with van der Waals surface area (Å²) in [6.45, 7) is 6.24. The van der Waals surface area contributed by atoms with Gasteiger partial charge in [0.15, 0.2) is 0 Å². The summed E-state index contributed by atoms with van der Waals surface area (Å²) in [5.74, 6) is -0.600. The van der Waals surface area contributed by atoms with Crippen LogP contribution in [0.5, 0.6) is 0 Å². The Hall–Kier alpha value is -2.70. The Labute approximate surface area is 332 Å². The number of esters is 1. The third kappa shape index (κ3) is 36.3. The van der Waals surface area contributed by atoms with Crippen molar-refractivity contribution in [2.75, 3.05) is 6.61 Å². The van der Waals surface area contributed by atoms with Gasteiger partial charge in [0.05, 0.1) is 25.2 Å². The first kappa shape index (κ1) is 51.3. The van der Waals surface area contributed by atoms with Gasteiger partial charge >= 0.3 is 5.97 Å². The molecule has 0 spiro atoms. The van der Waals surface area contributed by atoms with Gasteiger partial charge in [-0.3, -0.25) is 9.59 Å². The van der Waals surface area contributed by atoms with E-state index < -0.39 is 18.2 Å². The van der Waals surface area contributed by atoms with Crippen LogP contribution in [-0.2, 0) is 14.3 Å². The fourth-order valence-electron chi connectivity index (χ4n) is 6.16. The van der Waals surface area contributed by atoms with Gasteiger partial charge in [-0.1, -0.05) is 184 Å². The average Bonchev–Trinajstić information content (AvgIpc) is 3.16. The number of amides is 1. The first-order valence-electron chi connectivity index (χ1n) is 22.2. The first-order chi connectivity index (χ1) is 26.5. The summed E-state index contributed by atoms with van der Waals surface area (Å²) in [7, 11) is 0. The maximum absolute atomic E-state index is 13.1. The van der Waals surface area contributed by atoms with Gasteiger partial charge in [0, 0.05) is 12.8 Å². The van der Waals surface area contributed by atoms with Crippen molar-refractivity contribution in [2.45, 2.75) is 212 Å². The van der Waals surface area contributed by atoms with Gasteiger partial charge in [0.2, 0.25) is 5.91 Å². The van der Waals surface area contributed by atoms with Crippen molar-refractivity contribution in [2.24, 2.45) is 0 Å². The molecule has 0 aromatic carbocycles. The van der Waals surface area contributed by atoms with E-state index in [9.17, 15) is 19.8 Å². The Morgan fingerprint density at radius 3 is 1.63 bits per heavy atom. The molecule has 0 aliphatic rings. The Bertz CT molecular complexity index is 1030. The van der Waals surface area contributed by atoms with Crippen LogP contribution in [0.25, 0.3) is 0 Å². The lowest BCUT2D eigenvalue weighted by Crippen LogP contribution is -2.46. The first-order valence-corrected chi connectivity index (χ1v) is 22.2. The van der Waals surface area contributed by atoms with E-state index in [0.717, 1.165) is 89.9 Å². The van der Waals surface area contributed by atoms with Crippen molar-refractivity contribution in [3.63, 3.8) is 0 Å². The number of allylic oxidation sites excluding steroid dienone is 11. The predicted molar refractivity (Wildman–Crippen MR) is 231 cm³/mol. The molecule has 0 aromatic heterocycles. The van der Waals surface area contributed by atoms with E-state index in [4.69, 9.17) is 4.74 Å². The largest absolute Gasteiger partial charge is 0.461 e. The Morgan fingerprint density at radius 2 is 1.07 bits per heavy atom. The second kappa shape index (κ2) is 41.5. The second-order valence-corrected chi connectivity index (χ2v) is 14.7. The summed E-state index contributed by atoms with van der Waals surface area (Å²) < 4.78 is 5.82. The van der Waals surface area contributed by atoms with Gasteiger partial charge in [-0.15, -0.1) is 0 Å². The molecule has 0 fully saturated rings. The van der Waals surface area contributed by atoms with Crippen LogP contribution >= 0.6 is 0 Å². The van der Waals surface area contributed by atoms with E-state index in [0.29, 0.717) is 19.3 Å². The van der Waals surface area contributed by atoms with E-state index in [-0.39, 0.29) is 24.9 Å². The lowest BCUT2D eigenvalue weighted by Gasteiger charge is -2.24. The minimum absolute atomic E-state index is 0.00687. The molecule has 0 heterocycles. The van der Waals surface area contributed by atoms with Gasteiger partial charge in [-0.25, -0.2) is 0 Å². The van der Waals surface area contributed by atoms with E-state index in [2.05, 4.69) is 86.8 Å². The van der Waals surface area contributed by atoms with Crippen LogP contribution in [0.15, 0.2) is 72.9 Å². The molecule has 0 aliphatic heterocycles. The fourth-order valence-corrected chi connectivity index (χ4v) is 6.16. The van der Waals surface area contributed by atoms with Crippen molar-refractivity contribution in [1.29, 1.82) is 0 Å². The molecule has 0 rings (SSSR count). The zero-order valence-corrected chi connectivity index (χ0v) is 35.1. The molecule has 3 N–H and O–H groups in total. The highest BCUT2D eigenvalue weighted by Crippen LogP contribution is 2.15. The number of aliphatic hydroxyl groups excluding tert-OH is 2.